The van der Waals surface area contributed by atoms with Crippen LogP contribution >= 0.6 is 0 Å². The van der Waals surface area contributed by atoms with Gasteiger partial charge in [-0.3, -0.25) is 9.69 Å². The molecule has 0 aromatic rings. The van der Waals surface area contributed by atoms with Gasteiger partial charge in [0.1, 0.15) is 0 Å². The molecule has 4 nitrogen and oxygen atoms in total. The van der Waals surface area contributed by atoms with E-state index in [1.807, 2.05) is 0 Å². The summed E-state index contributed by atoms with van der Waals surface area (Å²) in [7, 11) is 1.64. The van der Waals surface area contributed by atoms with E-state index in [2.05, 4.69) is 4.90 Å². The normalized spacial score (nSPS) is 29.7. The van der Waals surface area contributed by atoms with Crippen molar-refractivity contribution < 1.29 is 31.1 Å². The fourth-order valence-electron chi connectivity index (χ4n) is 6.22. The van der Waals surface area contributed by atoms with E-state index < -0.39 is 36.5 Å². The smallest absolute Gasteiger partial charge is 0.344 e. The molecule has 1 saturated heterocycles. The average molecular weight is 500 g/mol. The number of hydrogen-bond acceptors (Lipinski definition) is 3. The quantitative estimate of drug-likeness (QED) is 0.501. The molecule has 198 valence electrons. The van der Waals surface area contributed by atoms with Gasteiger partial charge in [0, 0.05) is 32.7 Å². The van der Waals surface area contributed by atoms with Crippen LogP contribution in [0.15, 0.2) is 0 Å². The Morgan fingerprint density at radius 2 is 1.44 bits per heavy atom. The first-order valence-corrected chi connectivity index (χ1v) is 12.7. The minimum Gasteiger partial charge on any atom is -0.344 e. The van der Waals surface area contributed by atoms with Crippen LogP contribution in [0.25, 0.3) is 0 Å². The summed E-state index contributed by atoms with van der Waals surface area (Å²) in [4.78, 5) is 17.3. The zero-order valence-corrected chi connectivity index (χ0v) is 20.0. The molecule has 0 spiro atoms. The Hall–Kier alpha value is -1.03. The van der Waals surface area contributed by atoms with Crippen molar-refractivity contribution in [1.29, 1.82) is 0 Å². The lowest BCUT2D eigenvalue weighted by Gasteiger charge is -2.42. The highest BCUT2D eigenvalue weighted by Crippen LogP contribution is 2.48. The third-order valence-corrected chi connectivity index (χ3v) is 8.30. The number of nitrogens with two attached hydrogens (primary N) is 1. The molecule has 0 aromatic heterocycles. The van der Waals surface area contributed by atoms with Crippen molar-refractivity contribution in [1.82, 2.24) is 9.80 Å². The van der Waals surface area contributed by atoms with Crippen LogP contribution in [0.1, 0.15) is 70.6 Å². The lowest BCUT2D eigenvalue weighted by Crippen LogP contribution is -2.55. The Kier molecular flexibility index (Phi) is 9.20. The van der Waals surface area contributed by atoms with Gasteiger partial charge in [-0.2, -0.15) is 26.3 Å². The van der Waals surface area contributed by atoms with Gasteiger partial charge >= 0.3 is 12.4 Å². The minimum atomic E-state index is -4.63. The molecule has 3 aliphatic rings. The van der Waals surface area contributed by atoms with Crippen LogP contribution in [0.2, 0.25) is 0 Å². The molecule has 10 heteroatoms. The number of carbonyl (C=O) groups is 1. The monoisotopic (exact) mass is 499 g/mol. The molecular weight excluding hydrogens is 460 g/mol. The summed E-state index contributed by atoms with van der Waals surface area (Å²) in [6.45, 7) is 1.66. The van der Waals surface area contributed by atoms with Crippen molar-refractivity contribution in [3.63, 3.8) is 0 Å². The zero-order chi connectivity index (χ0) is 25.1. The topological polar surface area (TPSA) is 49.6 Å². The van der Waals surface area contributed by atoms with Crippen molar-refractivity contribution in [3.05, 3.63) is 0 Å². The van der Waals surface area contributed by atoms with Crippen molar-refractivity contribution in [3.8, 4) is 0 Å². The molecule has 2 N–H and O–H groups in total. The van der Waals surface area contributed by atoms with Crippen LogP contribution < -0.4 is 5.73 Å². The third kappa shape index (κ3) is 7.24. The van der Waals surface area contributed by atoms with Gasteiger partial charge in [-0.15, -0.1) is 0 Å². The number of carbonyl (C=O) groups excluding carboxylic acids is 1. The molecule has 3 rings (SSSR count). The van der Waals surface area contributed by atoms with E-state index in [1.165, 1.54) is 0 Å². The molecule has 1 aliphatic heterocycles. The van der Waals surface area contributed by atoms with Gasteiger partial charge in [0.15, 0.2) is 0 Å². The van der Waals surface area contributed by atoms with Gasteiger partial charge in [-0.25, -0.2) is 0 Å². The number of rotatable bonds is 6. The number of hydrogen-bond donors (Lipinski definition) is 1. The number of halogens is 6. The van der Waals surface area contributed by atoms with Crippen molar-refractivity contribution >= 4 is 5.91 Å². The largest absolute Gasteiger partial charge is 0.391 e. The number of piperidine rings is 1. The van der Waals surface area contributed by atoms with Crippen molar-refractivity contribution in [2.24, 2.45) is 29.4 Å². The van der Waals surface area contributed by atoms with Crippen molar-refractivity contribution in [2.45, 2.75) is 95.1 Å². The van der Waals surface area contributed by atoms with E-state index in [4.69, 9.17) is 5.73 Å². The van der Waals surface area contributed by atoms with E-state index in [9.17, 15) is 31.1 Å². The van der Waals surface area contributed by atoms with Crippen LogP contribution in [0, 0.1) is 23.7 Å². The van der Waals surface area contributed by atoms with E-state index in [0.29, 0.717) is 0 Å². The van der Waals surface area contributed by atoms with Gasteiger partial charge in [-0.1, -0.05) is 19.3 Å². The molecule has 2 saturated carbocycles. The molecule has 2 aliphatic carbocycles. The fourth-order valence-corrected chi connectivity index (χ4v) is 6.22. The summed E-state index contributed by atoms with van der Waals surface area (Å²) >= 11 is 0. The number of likely N-dealkylation sites (tertiary alicyclic amines) is 1. The third-order valence-electron chi connectivity index (χ3n) is 8.30. The Morgan fingerprint density at radius 1 is 0.912 bits per heavy atom. The maximum absolute atomic E-state index is 13.5. The summed E-state index contributed by atoms with van der Waals surface area (Å²) in [6.07, 6.45) is -3.72. The highest BCUT2D eigenvalue weighted by molar-refractivity contribution is 5.82. The Morgan fingerprint density at radius 3 is 1.94 bits per heavy atom. The van der Waals surface area contributed by atoms with Gasteiger partial charge in [0.25, 0.3) is 0 Å². The number of nitrogens with zero attached hydrogens (tertiary/aromatic N) is 2. The SMILES string of the molecule is CN(CCC1CC(C(F)(F)F)CC(C(F)(F)F)C1)C(=O)C(C1CCCCC1)N1CCC(N)CC1. The summed E-state index contributed by atoms with van der Waals surface area (Å²) in [5, 5.41) is 0. The summed E-state index contributed by atoms with van der Waals surface area (Å²) in [5.74, 6) is -4.41. The zero-order valence-electron chi connectivity index (χ0n) is 20.0. The molecular formula is C24H39F6N3O. The number of amides is 1. The maximum Gasteiger partial charge on any atom is 0.391 e. The number of alkyl halides is 6. The van der Waals surface area contributed by atoms with E-state index in [1.54, 1.807) is 11.9 Å². The Bertz CT molecular complexity index is 634. The van der Waals surface area contributed by atoms with Gasteiger partial charge in [-0.05, 0) is 63.2 Å². The minimum absolute atomic E-state index is 0.0575. The molecule has 3 atom stereocenters. The maximum atomic E-state index is 13.5. The van der Waals surface area contributed by atoms with Crippen LogP contribution in [-0.4, -0.2) is 66.8 Å². The first-order chi connectivity index (χ1) is 15.9. The molecule has 0 radical (unpaired) electrons. The van der Waals surface area contributed by atoms with E-state index in [-0.39, 0.29) is 49.7 Å². The van der Waals surface area contributed by atoms with E-state index >= 15 is 0 Å². The lowest BCUT2D eigenvalue weighted by molar-refractivity contribution is -0.229. The molecule has 0 bridgehead atoms. The van der Waals surface area contributed by atoms with Crippen LogP contribution in [0.5, 0.6) is 0 Å². The predicted octanol–water partition coefficient (Wildman–Crippen LogP) is 5.36. The highest BCUT2D eigenvalue weighted by atomic mass is 19.4. The Balaban J connectivity index is 1.64. The van der Waals surface area contributed by atoms with Gasteiger partial charge in [0.05, 0.1) is 17.9 Å². The van der Waals surface area contributed by atoms with Crippen LogP contribution in [-0.2, 0) is 4.79 Å². The van der Waals surface area contributed by atoms with Crippen LogP contribution in [0.3, 0.4) is 0 Å². The van der Waals surface area contributed by atoms with E-state index in [0.717, 1.165) is 58.0 Å². The molecule has 34 heavy (non-hydrogen) atoms. The Labute approximate surface area is 198 Å². The first kappa shape index (κ1) is 27.6. The fraction of sp³-hybridized carbons (Fsp3) is 0.958. The van der Waals surface area contributed by atoms with Crippen LogP contribution in [0.4, 0.5) is 26.3 Å². The molecule has 3 unspecified atom stereocenters. The average Bonchev–Trinajstić information content (AvgIpc) is 2.78. The lowest BCUT2D eigenvalue weighted by atomic mass is 9.73. The van der Waals surface area contributed by atoms with Gasteiger partial charge < -0.3 is 10.6 Å². The summed E-state index contributed by atoms with van der Waals surface area (Å²) in [6, 6.07) is -0.152. The predicted molar refractivity (Wildman–Crippen MR) is 118 cm³/mol. The molecule has 0 aromatic carbocycles. The molecule has 1 amide bonds. The second-order valence-electron chi connectivity index (χ2n) is 10.8. The standard InChI is InChI=1S/C24H39F6N3O/c1-32(10-7-16-13-18(23(25,26)27)15-19(14-16)24(28,29)30)22(34)21(17-5-3-2-4-6-17)33-11-8-20(31)9-12-33/h16-21H,2-15,31H2,1H3. The summed E-state index contributed by atoms with van der Waals surface area (Å²) < 4.78 is 79.8. The highest BCUT2D eigenvalue weighted by Gasteiger charge is 2.51. The number of likely N-dealkylation sites (N-methyl/N-ethyl adjacent to an activating group) is 1. The second-order valence-corrected chi connectivity index (χ2v) is 10.8. The molecule has 1 heterocycles. The van der Waals surface area contributed by atoms with Gasteiger partial charge in [0.2, 0.25) is 5.91 Å². The first-order valence-electron chi connectivity index (χ1n) is 12.7. The summed E-state index contributed by atoms with van der Waals surface area (Å²) in [5.41, 5.74) is 6.04. The van der Waals surface area contributed by atoms with Crippen molar-refractivity contribution in [2.75, 3.05) is 26.7 Å². The second kappa shape index (κ2) is 11.4. The molecule has 3 fully saturated rings.